The van der Waals surface area contributed by atoms with Crippen LogP contribution in [-0.4, -0.2) is 43.8 Å². The normalized spacial score (nSPS) is 21.9. The maximum absolute atomic E-state index is 13.0. The molecule has 2 rings (SSSR count). The molecule has 112 valence electrons. The van der Waals surface area contributed by atoms with Gasteiger partial charge in [-0.3, -0.25) is 4.90 Å². The quantitative estimate of drug-likeness (QED) is 0.867. The van der Waals surface area contributed by atoms with E-state index < -0.39 is 0 Å². The highest BCUT2D eigenvalue weighted by Gasteiger charge is 2.18. The molecular formula is C16H25FN2O. The SMILES string of the molecule is CCNC(CCN1CCOC(C)C1)c1ccc(F)cc1. The molecule has 2 atom stereocenters. The number of nitrogens with zero attached hydrogens (tertiary/aromatic N) is 1. The fourth-order valence-corrected chi connectivity index (χ4v) is 2.73. The average molecular weight is 280 g/mol. The molecule has 3 nitrogen and oxygen atoms in total. The van der Waals surface area contributed by atoms with Gasteiger partial charge in [0.05, 0.1) is 12.7 Å². The minimum Gasteiger partial charge on any atom is -0.376 e. The molecule has 1 aromatic carbocycles. The standard InChI is InChI=1S/C16H25FN2O/c1-3-18-16(14-4-6-15(17)7-5-14)8-9-19-10-11-20-13(2)12-19/h4-7,13,16,18H,3,8-12H2,1-2H3. The first-order chi connectivity index (χ1) is 9.69. The second-order valence-corrected chi connectivity index (χ2v) is 5.43. The molecule has 4 heteroatoms. The Morgan fingerprint density at radius 1 is 1.40 bits per heavy atom. The lowest BCUT2D eigenvalue weighted by molar-refractivity contribution is -0.0192. The third-order valence-corrected chi connectivity index (χ3v) is 3.78. The molecule has 1 heterocycles. The van der Waals surface area contributed by atoms with Gasteiger partial charge in [0, 0.05) is 25.7 Å². The van der Waals surface area contributed by atoms with Crippen LogP contribution in [0.25, 0.3) is 0 Å². The van der Waals surface area contributed by atoms with E-state index >= 15 is 0 Å². The van der Waals surface area contributed by atoms with Crippen LogP contribution >= 0.6 is 0 Å². The summed E-state index contributed by atoms with van der Waals surface area (Å²) in [5.41, 5.74) is 1.16. The first kappa shape index (κ1) is 15.4. The molecule has 1 aliphatic heterocycles. The molecule has 0 bridgehead atoms. The molecular weight excluding hydrogens is 255 g/mol. The van der Waals surface area contributed by atoms with E-state index in [1.807, 2.05) is 12.1 Å². The van der Waals surface area contributed by atoms with Crippen LogP contribution in [0.2, 0.25) is 0 Å². The van der Waals surface area contributed by atoms with Gasteiger partial charge in [-0.25, -0.2) is 4.39 Å². The van der Waals surface area contributed by atoms with Crippen LogP contribution in [-0.2, 0) is 4.74 Å². The van der Waals surface area contributed by atoms with Crippen LogP contribution < -0.4 is 5.32 Å². The lowest BCUT2D eigenvalue weighted by atomic mass is 10.0. The van der Waals surface area contributed by atoms with E-state index in [-0.39, 0.29) is 5.82 Å². The molecule has 20 heavy (non-hydrogen) atoms. The molecule has 1 saturated heterocycles. The Morgan fingerprint density at radius 3 is 2.80 bits per heavy atom. The molecule has 2 unspecified atom stereocenters. The van der Waals surface area contributed by atoms with Gasteiger partial charge in [-0.15, -0.1) is 0 Å². The summed E-state index contributed by atoms with van der Waals surface area (Å²) in [6.07, 6.45) is 1.36. The molecule has 0 amide bonds. The number of rotatable bonds is 6. The number of morpholine rings is 1. The van der Waals surface area contributed by atoms with Crippen molar-refractivity contribution in [3.05, 3.63) is 35.6 Å². The van der Waals surface area contributed by atoms with Gasteiger partial charge >= 0.3 is 0 Å². The van der Waals surface area contributed by atoms with Crippen molar-refractivity contribution in [3.63, 3.8) is 0 Å². The summed E-state index contributed by atoms with van der Waals surface area (Å²) in [7, 11) is 0. The minimum atomic E-state index is -0.175. The fraction of sp³-hybridized carbons (Fsp3) is 0.625. The molecule has 1 aliphatic rings. The van der Waals surface area contributed by atoms with Crippen molar-refractivity contribution in [1.82, 2.24) is 10.2 Å². The van der Waals surface area contributed by atoms with Gasteiger partial charge < -0.3 is 10.1 Å². The zero-order valence-electron chi connectivity index (χ0n) is 12.4. The zero-order valence-corrected chi connectivity index (χ0v) is 12.4. The van der Waals surface area contributed by atoms with E-state index in [2.05, 4.69) is 24.1 Å². The molecule has 0 spiro atoms. The second kappa shape index (κ2) is 7.72. The average Bonchev–Trinajstić information content (AvgIpc) is 2.44. The fourth-order valence-electron chi connectivity index (χ4n) is 2.73. The Balaban J connectivity index is 1.90. The van der Waals surface area contributed by atoms with Crippen molar-refractivity contribution < 1.29 is 9.13 Å². The van der Waals surface area contributed by atoms with Gasteiger partial charge in [0.1, 0.15) is 5.82 Å². The minimum absolute atomic E-state index is 0.175. The van der Waals surface area contributed by atoms with Gasteiger partial charge in [-0.05, 0) is 37.6 Å². The van der Waals surface area contributed by atoms with Crippen molar-refractivity contribution in [2.24, 2.45) is 0 Å². The Bertz CT molecular complexity index is 396. The highest BCUT2D eigenvalue weighted by molar-refractivity contribution is 5.19. The van der Waals surface area contributed by atoms with Gasteiger partial charge in [-0.2, -0.15) is 0 Å². The summed E-state index contributed by atoms with van der Waals surface area (Å²) in [5.74, 6) is -0.175. The third-order valence-electron chi connectivity index (χ3n) is 3.78. The van der Waals surface area contributed by atoms with Crippen molar-refractivity contribution >= 4 is 0 Å². The topological polar surface area (TPSA) is 24.5 Å². The third kappa shape index (κ3) is 4.54. The Labute approximate surface area is 121 Å². The van der Waals surface area contributed by atoms with Crippen molar-refractivity contribution in [1.29, 1.82) is 0 Å². The van der Waals surface area contributed by atoms with Gasteiger partial charge in [0.15, 0.2) is 0 Å². The maximum atomic E-state index is 13.0. The van der Waals surface area contributed by atoms with Gasteiger partial charge in [0.25, 0.3) is 0 Å². The molecule has 0 aliphatic carbocycles. The lowest BCUT2D eigenvalue weighted by Gasteiger charge is -2.32. The molecule has 1 N–H and O–H groups in total. The van der Waals surface area contributed by atoms with Crippen LogP contribution in [0.3, 0.4) is 0 Å². The first-order valence-electron chi connectivity index (χ1n) is 7.52. The van der Waals surface area contributed by atoms with Crippen LogP contribution in [0.15, 0.2) is 24.3 Å². The summed E-state index contributed by atoms with van der Waals surface area (Å²) in [6, 6.07) is 7.13. The van der Waals surface area contributed by atoms with E-state index in [0.29, 0.717) is 12.1 Å². The monoisotopic (exact) mass is 280 g/mol. The number of halogens is 1. The largest absolute Gasteiger partial charge is 0.376 e. The maximum Gasteiger partial charge on any atom is 0.123 e. The predicted octanol–water partition coefficient (Wildman–Crippen LogP) is 2.59. The second-order valence-electron chi connectivity index (χ2n) is 5.43. The van der Waals surface area contributed by atoms with Crippen molar-refractivity contribution in [2.75, 3.05) is 32.8 Å². The number of ether oxygens (including phenoxy) is 1. The van der Waals surface area contributed by atoms with Crippen LogP contribution in [0, 0.1) is 5.82 Å². The van der Waals surface area contributed by atoms with Crippen molar-refractivity contribution in [2.45, 2.75) is 32.4 Å². The lowest BCUT2D eigenvalue weighted by Crippen LogP contribution is -2.42. The summed E-state index contributed by atoms with van der Waals surface area (Å²) >= 11 is 0. The zero-order chi connectivity index (χ0) is 14.4. The Kier molecular flexibility index (Phi) is 5.95. The van der Waals surface area contributed by atoms with Crippen LogP contribution in [0.4, 0.5) is 4.39 Å². The molecule has 1 fully saturated rings. The Hall–Kier alpha value is -0.970. The van der Waals surface area contributed by atoms with E-state index in [4.69, 9.17) is 4.74 Å². The summed E-state index contributed by atoms with van der Waals surface area (Å²) in [5, 5.41) is 3.49. The van der Waals surface area contributed by atoms with Crippen LogP contribution in [0.5, 0.6) is 0 Å². The van der Waals surface area contributed by atoms with E-state index in [0.717, 1.165) is 44.8 Å². The molecule has 1 aromatic rings. The number of benzene rings is 1. The Morgan fingerprint density at radius 2 is 2.15 bits per heavy atom. The highest BCUT2D eigenvalue weighted by Crippen LogP contribution is 2.18. The smallest absolute Gasteiger partial charge is 0.123 e. The number of hydrogen-bond donors (Lipinski definition) is 1. The molecule has 0 radical (unpaired) electrons. The summed E-state index contributed by atoms with van der Waals surface area (Å²) in [4.78, 5) is 2.45. The van der Waals surface area contributed by atoms with Crippen LogP contribution in [0.1, 0.15) is 31.9 Å². The van der Waals surface area contributed by atoms with E-state index in [9.17, 15) is 4.39 Å². The van der Waals surface area contributed by atoms with E-state index in [1.165, 1.54) is 12.1 Å². The van der Waals surface area contributed by atoms with Crippen molar-refractivity contribution in [3.8, 4) is 0 Å². The van der Waals surface area contributed by atoms with Gasteiger partial charge in [0.2, 0.25) is 0 Å². The molecule has 0 saturated carbocycles. The summed E-state index contributed by atoms with van der Waals surface area (Å²) in [6.45, 7) is 9.02. The first-order valence-corrected chi connectivity index (χ1v) is 7.52. The number of nitrogens with one attached hydrogen (secondary N) is 1. The predicted molar refractivity (Wildman–Crippen MR) is 79.3 cm³/mol. The van der Waals surface area contributed by atoms with E-state index in [1.54, 1.807) is 0 Å². The summed E-state index contributed by atoms with van der Waals surface area (Å²) < 4.78 is 18.6. The highest BCUT2D eigenvalue weighted by atomic mass is 19.1. The molecule has 0 aromatic heterocycles. The number of hydrogen-bond acceptors (Lipinski definition) is 3. The van der Waals surface area contributed by atoms with Gasteiger partial charge in [-0.1, -0.05) is 19.1 Å².